The number of hydrogen-bond donors (Lipinski definition) is 1. The third-order valence-electron chi connectivity index (χ3n) is 1.88. The van der Waals surface area contributed by atoms with Crippen LogP contribution in [0, 0.1) is 0 Å². The fourth-order valence-corrected chi connectivity index (χ4v) is 1.20. The molecule has 0 N–H and O–H groups in total. The molecule has 0 unspecified atom stereocenters. The Hall–Kier alpha value is 0.270. The van der Waals surface area contributed by atoms with Crippen LogP contribution in [-0.2, 0) is 0 Å². The van der Waals surface area contributed by atoms with Crippen molar-refractivity contribution in [3.05, 3.63) is 0 Å². The number of hydrogen-bond acceptors (Lipinski definition) is 3. The van der Waals surface area contributed by atoms with E-state index >= 15 is 0 Å². The van der Waals surface area contributed by atoms with Crippen molar-refractivity contribution < 1.29 is 0 Å². The van der Waals surface area contributed by atoms with Crippen molar-refractivity contribution in [2.45, 2.75) is 12.8 Å². The van der Waals surface area contributed by atoms with E-state index in [9.17, 15) is 0 Å². The molecule has 0 aromatic carbocycles. The summed E-state index contributed by atoms with van der Waals surface area (Å²) < 4.78 is 0. The molecule has 0 heterocycles. The smallest absolute Gasteiger partial charge is 0.0106 e. The average molecular weight is 190 g/mol. The minimum absolute atomic E-state index is 1.02. The lowest BCUT2D eigenvalue weighted by Crippen LogP contribution is -2.29. The van der Waals surface area contributed by atoms with Crippen LogP contribution in [0.25, 0.3) is 0 Å². The highest BCUT2D eigenvalue weighted by Crippen LogP contribution is 1.94. The van der Waals surface area contributed by atoms with Crippen LogP contribution in [0.1, 0.15) is 12.8 Å². The van der Waals surface area contributed by atoms with Gasteiger partial charge in [0.05, 0.1) is 0 Å². The quantitative estimate of drug-likeness (QED) is 0.476. The summed E-state index contributed by atoms with van der Waals surface area (Å²) in [4.78, 5) is 4.60. The molecule has 0 saturated carbocycles. The topological polar surface area (TPSA) is 6.48 Å². The second kappa shape index (κ2) is 7.90. The van der Waals surface area contributed by atoms with Crippen molar-refractivity contribution in [1.29, 1.82) is 0 Å². The Morgan fingerprint density at radius 2 is 1.58 bits per heavy atom. The van der Waals surface area contributed by atoms with Crippen molar-refractivity contribution in [3.63, 3.8) is 0 Å². The minimum atomic E-state index is 1.02. The van der Waals surface area contributed by atoms with Gasteiger partial charge in [0.25, 0.3) is 0 Å². The Morgan fingerprint density at radius 3 is 2.08 bits per heavy atom. The molecule has 0 saturated heterocycles. The van der Waals surface area contributed by atoms with Crippen molar-refractivity contribution in [2.24, 2.45) is 0 Å². The molecule has 0 bridgehead atoms. The number of rotatable bonds is 7. The molecular weight excluding hydrogens is 168 g/mol. The lowest BCUT2D eigenvalue weighted by atomic mass is 10.3. The van der Waals surface area contributed by atoms with Crippen molar-refractivity contribution in [1.82, 2.24) is 9.80 Å². The van der Waals surface area contributed by atoms with Crippen LogP contribution in [0.3, 0.4) is 0 Å². The lowest BCUT2D eigenvalue weighted by Gasteiger charge is -2.18. The van der Waals surface area contributed by atoms with E-state index in [1.807, 2.05) is 0 Å². The van der Waals surface area contributed by atoms with E-state index in [4.69, 9.17) is 0 Å². The first-order chi connectivity index (χ1) is 5.66. The molecule has 0 radical (unpaired) electrons. The highest BCUT2D eigenvalue weighted by atomic mass is 32.1. The summed E-state index contributed by atoms with van der Waals surface area (Å²) in [5, 5.41) is 0. The van der Waals surface area contributed by atoms with Crippen LogP contribution < -0.4 is 0 Å². The zero-order valence-electron chi connectivity index (χ0n) is 8.58. The Bertz CT molecular complexity index is 96.5. The van der Waals surface area contributed by atoms with Crippen LogP contribution in [0.4, 0.5) is 0 Å². The molecule has 0 aliphatic carbocycles. The van der Waals surface area contributed by atoms with Gasteiger partial charge < -0.3 is 9.80 Å². The highest BCUT2D eigenvalue weighted by Gasteiger charge is 1.97. The number of unbranched alkanes of at least 4 members (excludes halogenated alkanes) is 1. The molecule has 2 nitrogen and oxygen atoms in total. The standard InChI is InChI=1S/C9H22N2S/c1-10(2)7-8-11(3)6-4-5-9-12/h12H,4-9H2,1-3H3. The van der Waals surface area contributed by atoms with E-state index in [0.717, 1.165) is 12.3 Å². The SMILES string of the molecule is CN(C)CCN(C)CCCCS. The van der Waals surface area contributed by atoms with Crippen molar-refractivity contribution in [2.75, 3.05) is 46.5 Å². The largest absolute Gasteiger partial charge is 0.308 e. The molecule has 74 valence electrons. The fourth-order valence-electron chi connectivity index (χ4n) is 0.976. The average Bonchev–Trinajstić information content (AvgIpc) is 2.01. The van der Waals surface area contributed by atoms with Gasteiger partial charge in [-0.25, -0.2) is 0 Å². The van der Waals surface area contributed by atoms with Gasteiger partial charge in [0.2, 0.25) is 0 Å². The van der Waals surface area contributed by atoms with E-state index < -0.39 is 0 Å². The Labute approximate surface area is 82.3 Å². The van der Waals surface area contributed by atoms with Gasteiger partial charge in [0.15, 0.2) is 0 Å². The molecule has 0 amide bonds. The van der Waals surface area contributed by atoms with E-state index in [0.29, 0.717) is 0 Å². The summed E-state index contributed by atoms with van der Waals surface area (Å²) in [6, 6.07) is 0. The molecular formula is C9H22N2S. The maximum absolute atomic E-state index is 4.18. The zero-order valence-corrected chi connectivity index (χ0v) is 9.48. The van der Waals surface area contributed by atoms with Gasteiger partial charge in [-0.15, -0.1) is 0 Å². The maximum Gasteiger partial charge on any atom is 0.0106 e. The molecule has 0 fully saturated rings. The zero-order chi connectivity index (χ0) is 9.40. The van der Waals surface area contributed by atoms with Crippen LogP contribution in [0.15, 0.2) is 0 Å². The van der Waals surface area contributed by atoms with E-state index in [1.54, 1.807) is 0 Å². The second-order valence-electron chi connectivity index (χ2n) is 3.54. The normalized spacial score (nSPS) is 11.5. The van der Waals surface area contributed by atoms with E-state index in [-0.39, 0.29) is 0 Å². The molecule has 0 aromatic rings. The summed E-state index contributed by atoms with van der Waals surface area (Å²) in [7, 11) is 6.41. The lowest BCUT2D eigenvalue weighted by molar-refractivity contribution is 0.279. The molecule has 0 aliphatic rings. The Kier molecular flexibility index (Phi) is 8.07. The summed E-state index contributed by atoms with van der Waals surface area (Å²) in [5.74, 6) is 1.02. The number of likely N-dealkylation sites (N-methyl/N-ethyl adjacent to an activating group) is 2. The van der Waals surface area contributed by atoms with Crippen molar-refractivity contribution >= 4 is 12.6 Å². The predicted molar refractivity (Wildman–Crippen MR) is 59.1 cm³/mol. The summed E-state index contributed by atoms with van der Waals surface area (Å²) >= 11 is 4.18. The van der Waals surface area contributed by atoms with Gasteiger partial charge in [0, 0.05) is 13.1 Å². The van der Waals surface area contributed by atoms with Crippen molar-refractivity contribution in [3.8, 4) is 0 Å². The molecule has 12 heavy (non-hydrogen) atoms. The molecule has 3 heteroatoms. The molecule has 0 aromatic heterocycles. The Balaban J connectivity index is 3.15. The number of nitrogens with zero attached hydrogens (tertiary/aromatic N) is 2. The summed E-state index contributed by atoms with van der Waals surface area (Å²) in [6.45, 7) is 3.52. The highest BCUT2D eigenvalue weighted by molar-refractivity contribution is 7.80. The van der Waals surface area contributed by atoms with Gasteiger partial charge in [-0.2, -0.15) is 12.6 Å². The van der Waals surface area contributed by atoms with Gasteiger partial charge in [-0.05, 0) is 46.3 Å². The summed E-state index contributed by atoms with van der Waals surface area (Å²) in [5.41, 5.74) is 0. The van der Waals surface area contributed by atoms with Gasteiger partial charge in [0.1, 0.15) is 0 Å². The second-order valence-corrected chi connectivity index (χ2v) is 3.98. The molecule has 0 atom stereocenters. The van der Waals surface area contributed by atoms with Gasteiger partial charge in [-0.3, -0.25) is 0 Å². The van der Waals surface area contributed by atoms with Crippen LogP contribution >= 0.6 is 12.6 Å². The fraction of sp³-hybridized carbons (Fsp3) is 1.00. The first-order valence-corrected chi connectivity index (χ1v) is 5.24. The maximum atomic E-state index is 4.18. The van der Waals surface area contributed by atoms with Crippen LogP contribution in [0.5, 0.6) is 0 Å². The van der Waals surface area contributed by atoms with E-state index in [2.05, 4.69) is 43.6 Å². The molecule has 0 rings (SSSR count). The van der Waals surface area contributed by atoms with Gasteiger partial charge >= 0.3 is 0 Å². The summed E-state index contributed by atoms with van der Waals surface area (Å²) in [6.07, 6.45) is 2.50. The first kappa shape index (κ1) is 12.3. The predicted octanol–water partition coefficient (Wildman–Crippen LogP) is 1.19. The number of thiol groups is 1. The molecule has 0 spiro atoms. The third kappa shape index (κ3) is 8.37. The Morgan fingerprint density at radius 1 is 0.917 bits per heavy atom. The molecule has 0 aliphatic heterocycles. The van der Waals surface area contributed by atoms with Gasteiger partial charge in [-0.1, -0.05) is 0 Å². The monoisotopic (exact) mass is 190 g/mol. The van der Waals surface area contributed by atoms with Crippen LogP contribution in [0.2, 0.25) is 0 Å². The van der Waals surface area contributed by atoms with Crippen LogP contribution in [-0.4, -0.2) is 56.3 Å². The minimum Gasteiger partial charge on any atom is -0.308 e. The first-order valence-electron chi connectivity index (χ1n) is 4.61. The van der Waals surface area contributed by atoms with E-state index in [1.165, 1.54) is 25.9 Å². The third-order valence-corrected chi connectivity index (χ3v) is 2.19.